The van der Waals surface area contributed by atoms with Gasteiger partial charge in [0.05, 0.1) is 21.3 Å². The molecule has 21 heavy (non-hydrogen) atoms. The fourth-order valence-electron chi connectivity index (χ4n) is 2.10. The van der Waals surface area contributed by atoms with Crippen LogP contribution in [0.5, 0.6) is 17.2 Å². The summed E-state index contributed by atoms with van der Waals surface area (Å²) in [4.78, 5) is 0. The Hall–Kier alpha value is -2.36. The monoisotopic (exact) mass is 287 g/mol. The van der Waals surface area contributed by atoms with Crippen LogP contribution in [0.1, 0.15) is 18.5 Å². The summed E-state index contributed by atoms with van der Waals surface area (Å²) in [6.07, 6.45) is 0. The molecule has 2 aromatic rings. The molecule has 0 saturated carbocycles. The second kappa shape index (κ2) is 6.88. The van der Waals surface area contributed by atoms with Crippen LogP contribution < -0.4 is 19.5 Å². The summed E-state index contributed by atoms with van der Waals surface area (Å²) in [6, 6.07) is 13.8. The van der Waals surface area contributed by atoms with Crippen LogP contribution in [0.4, 0.5) is 5.69 Å². The molecule has 0 fully saturated rings. The molecule has 1 N–H and O–H groups in total. The van der Waals surface area contributed by atoms with Crippen LogP contribution >= 0.6 is 0 Å². The Labute approximate surface area is 125 Å². The maximum Gasteiger partial charge on any atom is 0.122 e. The van der Waals surface area contributed by atoms with Gasteiger partial charge in [0.25, 0.3) is 0 Å². The molecule has 0 heterocycles. The summed E-state index contributed by atoms with van der Waals surface area (Å²) in [7, 11) is 4.97. The average Bonchev–Trinajstić information content (AvgIpc) is 2.54. The third-order valence-electron chi connectivity index (χ3n) is 3.35. The lowest BCUT2D eigenvalue weighted by atomic mass is 10.1. The molecular formula is C17H21NO3. The van der Waals surface area contributed by atoms with E-state index in [0.29, 0.717) is 0 Å². The molecule has 0 amide bonds. The minimum Gasteiger partial charge on any atom is -0.497 e. The lowest BCUT2D eigenvalue weighted by Crippen LogP contribution is -2.07. The van der Waals surface area contributed by atoms with Gasteiger partial charge in [0, 0.05) is 17.8 Å². The minimum absolute atomic E-state index is 0.127. The highest BCUT2D eigenvalue weighted by atomic mass is 16.5. The van der Waals surface area contributed by atoms with Gasteiger partial charge in [0.15, 0.2) is 0 Å². The van der Waals surface area contributed by atoms with Crippen LogP contribution in [0.2, 0.25) is 0 Å². The van der Waals surface area contributed by atoms with Crippen molar-refractivity contribution in [2.75, 3.05) is 26.6 Å². The van der Waals surface area contributed by atoms with Crippen LogP contribution in [-0.2, 0) is 0 Å². The lowest BCUT2D eigenvalue weighted by molar-refractivity contribution is 0.393. The van der Waals surface area contributed by atoms with E-state index in [9.17, 15) is 0 Å². The molecular weight excluding hydrogens is 266 g/mol. The SMILES string of the molecule is COc1ccc(N[C@H](C)c2cc(OC)cc(OC)c2)cc1. The van der Waals surface area contributed by atoms with Gasteiger partial charge in [-0.3, -0.25) is 0 Å². The molecule has 0 bridgehead atoms. The highest BCUT2D eigenvalue weighted by Gasteiger charge is 2.09. The zero-order valence-electron chi connectivity index (χ0n) is 12.8. The molecule has 2 rings (SSSR count). The van der Waals surface area contributed by atoms with Crippen LogP contribution in [-0.4, -0.2) is 21.3 Å². The Morgan fingerprint density at radius 2 is 1.29 bits per heavy atom. The van der Waals surface area contributed by atoms with E-state index in [1.54, 1.807) is 21.3 Å². The van der Waals surface area contributed by atoms with Crippen molar-refractivity contribution >= 4 is 5.69 Å². The van der Waals surface area contributed by atoms with Crippen LogP contribution in [0.3, 0.4) is 0 Å². The lowest BCUT2D eigenvalue weighted by Gasteiger charge is -2.17. The highest BCUT2D eigenvalue weighted by Crippen LogP contribution is 2.28. The summed E-state index contributed by atoms with van der Waals surface area (Å²) < 4.78 is 15.8. The Bertz CT molecular complexity index is 559. The maximum atomic E-state index is 5.30. The van der Waals surface area contributed by atoms with Gasteiger partial charge in [-0.1, -0.05) is 0 Å². The largest absolute Gasteiger partial charge is 0.497 e. The fourth-order valence-corrected chi connectivity index (χ4v) is 2.10. The summed E-state index contributed by atoms with van der Waals surface area (Å²) in [5, 5.41) is 3.45. The Morgan fingerprint density at radius 1 is 0.762 bits per heavy atom. The molecule has 0 saturated heterocycles. The standard InChI is InChI=1S/C17H21NO3/c1-12(18-14-5-7-15(19-2)8-6-14)13-9-16(20-3)11-17(10-13)21-4/h5-12,18H,1-4H3/t12-/m1/s1. The van der Waals surface area contributed by atoms with Gasteiger partial charge in [0.2, 0.25) is 0 Å². The molecule has 0 aliphatic heterocycles. The van der Waals surface area contributed by atoms with Crippen molar-refractivity contribution in [2.24, 2.45) is 0 Å². The van der Waals surface area contributed by atoms with Crippen molar-refractivity contribution in [1.29, 1.82) is 0 Å². The zero-order chi connectivity index (χ0) is 15.2. The number of hydrogen-bond donors (Lipinski definition) is 1. The van der Waals surface area contributed by atoms with E-state index >= 15 is 0 Å². The minimum atomic E-state index is 0.127. The van der Waals surface area contributed by atoms with Gasteiger partial charge >= 0.3 is 0 Å². The van der Waals surface area contributed by atoms with Crippen LogP contribution in [0, 0.1) is 0 Å². The highest BCUT2D eigenvalue weighted by molar-refractivity contribution is 5.49. The summed E-state index contributed by atoms with van der Waals surface area (Å²) in [5.74, 6) is 2.41. The molecule has 4 heteroatoms. The third kappa shape index (κ3) is 3.81. The van der Waals surface area contributed by atoms with E-state index in [2.05, 4.69) is 12.2 Å². The molecule has 0 aromatic heterocycles. The van der Waals surface area contributed by atoms with Gasteiger partial charge in [-0.2, -0.15) is 0 Å². The predicted octanol–water partition coefficient (Wildman–Crippen LogP) is 3.89. The Morgan fingerprint density at radius 3 is 1.76 bits per heavy atom. The topological polar surface area (TPSA) is 39.7 Å². The number of hydrogen-bond acceptors (Lipinski definition) is 4. The molecule has 4 nitrogen and oxygen atoms in total. The Balaban J connectivity index is 2.16. The van der Waals surface area contributed by atoms with Crippen LogP contribution in [0.25, 0.3) is 0 Å². The van der Waals surface area contributed by atoms with Gasteiger partial charge in [-0.05, 0) is 48.9 Å². The first-order valence-corrected chi connectivity index (χ1v) is 6.80. The number of rotatable bonds is 6. The van der Waals surface area contributed by atoms with E-state index in [0.717, 1.165) is 28.5 Å². The zero-order valence-corrected chi connectivity index (χ0v) is 12.8. The fraction of sp³-hybridized carbons (Fsp3) is 0.294. The number of anilines is 1. The Kier molecular flexibility index (Phi) is 4.93. The van der Waals surface area contributed by atoms with Gasteiger partial charge in [0.1, 0.15) is 17.2 Å². The predicted molar refractivity (Wildman–Crippen MR) is 84.6 cm³/mol. The van der Waals surface area contributed by atoms with Crippen molar-refractivity contribution in [1.82, 2.24) is 0 Å². The van der Waals surface area contributed by atoms with E-state index < -0.39 is 0 Å². The van der Waals surface area contributed by atoms with E-state index in [1.807, 2.05) is 42.5 Å². The van der Waals surface area contributed by atoms with E-state index in [-0.39, 0.29) is 6.04 Å². The summed E-state index contributed by atoms with van der Waals surface area (Å²) in [6.45, 7) is 2.10. The van der Waals surface area contributed by atoms with Gasteiger partial charge in [-0.25, -0.2) is 0 Å². The van der Waals surface area contributed by atoms with E-state index in [1.165, 1.54) is 0 Å². The third-order valence-corrected chi connectivity index (χ3v) is 3.35. The molecule has 112 valence electrons. The number of ether oxygens (including phenoxy) is 3. The van der Waals surface area contributed by atoms with Crippen molar-refractivity contribution < 1.29 is 14.2 Å². The molecule has 2 aromatic carbocycles. The van der Waals surface area contributed by atoms with Crippen molar-refractivity contribution in [3.63, 3.8) is 0 Å². The molecule has 0 aliphatic rings. The molecule has 0 spiro atoms. The average molecular weight is 287 g/mol. The second-order valence-corrected chi connectivity index (χ2v) is 4.74. The van der Waals surface area contributed by atoms with Gasteiger partial charge < -0.3 is 19.5 Å². The molecule has 0 radical (unpaired) electrons. The molecule has 0 unspecified atom stereocenters. The van der Waals surface area contributed by atoms with Crippen molar-refractivity contribution in [3.8, 4) is 17.2 Å². The second-order valence-electron chi connectivity index (χ2n) is 4.74. The number of methoxy groups -OCH3 is 3. The smallest absolute Gasteiger partial charge is 0.122 e. The van der Waals surface area contributed by atoms with Crippen molar-refractivity contribution in [2.45, 2.75) is 13.0 Å². The first-order chi connectivity index (χ1) is 10.2. The maximum absolute atomic E-state index is 5.30. The molecule has 0 aliphatic carbocycles. The van der Waals surface area contributed by atoms with E-state index in [4.69, 9.17) is 14.2 Å². The van der Waals surface area contributed by atoms with Crippen molar-refractivity contribution in [3.05, 3.63) is 48.0 Å². The number of nitrogens with one attached hydrogen (secondary N) is 1. The summed E-state index contributed by atoms with van der Waals surface area (Å²) >= 11 is 0. The quantitative estimate of drug-likeness (QED) is 0.875. The first-order valence-electron chi connectivity index (χ1n) is 6.80. The number of benzene rings is 2. The normalized spacial score (nSPS) is 11.6. The summed E-state index contributed by atoms with van der Waals surface area (Å²) in [5.41, 5.74) is 2.13. The first kappa shape index (κ1) is 15.0. The van der Waals surface area contributed by atoms with Crippen LogP contribution in [0.15, 0.2) is 42.5 Å². The van der Waals surface area contributed by atoms with Gasteiger partial charge in [-0.15, -0.1) is 0 Å². The molecule has 1 atom stereocenters.